The maximum Gasteiger partial charge on any atom is 0.240 e. The van der Waals surface area contributed by atoms with Crippen molar-refractivity contribution < 1.29 is 9.53 Å². The van der Waals surface area contributed by atoms with E-state index in [-0.39, 0.29) is 12.5 Å². The fraction of sp³-hybridized carbons (Fsp3) is 0.300. The van der Waals surface area contributed by atoms with Crippen molar-refractivity contribution in [3.8, 4) is 0 Å². The molecular formula is C20H22BrN5O2. The van der Waals surface area contributed by atoms with Crippen molar-refractivity contribution in [1.82, 2.24) is 19.9 Å². The summed E-state index contributed by atoms with van der Waals surface area (Å²) in [6.07, 6.45) is 1.84. The highest BCUT2D eigenvalue weighted by Crippen LogP contribution is 2.18. The van der Waals surface area contributed by atoms with Gasteiger partial charge in [0.05, 0.1) is 18.8 Å². The predicted molar refractivity (Wildman–Crippen MR) is 109 cm³/mol. The highest BCUT2D eigenvalue weighted by Gasteiger charge is 2.28. The van der Waals surface area contributed by atoms with E-state index in [0.717, 1.165) is 10.0 Å². The highest BCUT2D eigenvalue weighted by molar-refractivity contribution is 9.10. The van der Waals surface area contributed by atoms with Gasteiger partial charge in [-0.25, -0.2) is 0 Å². The fourth-order valence-electron chi connectivity index (χ4n) is 2.62. The van der Waals surface area contributed by atoms with Crippen LogP contribution in [0.4, 0.5) is 0 Å². The molecule has 146 valence electrons. The molecule has 28 heavy (non-hydrogen) atoms. The van der Waals surface area contributed by atoms with E-state index in [1.54, 1.807) is 13.8 Å². The molecule has 0 bridgehead atoms. The second kappa shape index (κ2) is 8.38. The Kier molecular flexibility index (Phi) is 6.12. The van der Waals surface area contributed by atoms with Gasteiger partial charge in [0, 0.05) is 10.7 Å². The van der Waals surface area contributed by atoms with Gasteiger partial charge in [0.25, 0.3) is 0 Å². The van der Waals surface area contributed by atoms with E-state index in [9.17, 15) is 4.79 Å². The minimum Gasteiger partial charge on any atom is -0.374 e. The normalized spacial score (nSPS) is 12.9. The first kappa shape index (κ1) is 20.4. The lowest BCUT2D eigenvalue weighted by Gasteiger charge is -2.23. The summed E-state index contributed by atoms with van der Waals surface area (Å²) in [5.41, 5.74) is 7.18. The van der Waals surface area contributed by atoms with E-state index in [4.69, 9.17) is 17.4 Å². The van der Waals surface area contributed by atoms with Gasteiger partial charge >= 0.3 is 0 Å². The summed E-state index contributed by atoms with van der Waals surface area (Å²) in [5, 5.41) is 11.3. The number of pyridine rings is 1. The van der Waals surface area contributed by atoms with Crippen molar-refractivity contribution >= 4 is 27.5 Å². The van der Waals surface area contributed by atoms with Crippen LogP contribution in [0.1, 0.15) is 36.8 Å². The van der Waals surface area contributed by atoms with Gasteiger partial charge in [-0.2, -0.15) is 0 Å². The van der Waals surface area contributed by atoms with Crippen LogP contribution >= 0.6 is 15.9 Å². The molecule has 2 aromatic heterocycles. The molecule has 3 rings (SSSR count). The van der Waals surface area contributed by atoms with Crippen LogP contribution in [0.2, 0.25) is 0 Å². The minimum absolute atomic E-state index is 0.198. The molecule has 7 nitrogen and oxygen atoms in total. The summed E-state index contributed by atoms with van der Waals surface area (Å²) in [7, 11) is 0. The minimum atomic E-state index is -1.03. The topological polar surface area (TPSA) is 94.5 Å². The third-order valence-corrected chi connectivity index (χ3v) is 4.57. The number of aromatic nitrogens is 3. The SMILES string of the molecule is [CH]c1cccc(COC[C@@H](NC(=O)C(C)(C)N)c2nnc3ccc(Br)cn23)c1. The van der Waals surface area contributed by atoms with Gasteiger partial charge in [-0.05, 0) is 60.0 Å². The molecule has 0 aliphatic rings. The zero-order valence-electron chi connectivity index (χ0n) is 15.7. The van der Waals surface area contributed by atoms with Crippen LogP contribution in [0.25, 0.3) is 5.65 Å². The van der Waals surface area contributed by atoms with E-state index in [0.29, 0.717) is 23.6 Å². The van der Waals surface area contributed by atoms with Gasteiger partial charge in [-0.1, -0.05) is 24.3 Å². The Labute approximate surface area is 172 Å². The van der Waals surface area contributed by atoms with Crippen molar-refractivity contribution in [2.24, 2.45) is 5.73 Å². The molecule has 0 saturated heterocycles. The van der Waals surface area contributed by atoms with Crippen LogP contribution in [0.3, 0.4) is 0 Å². The first-order valence-electron chi connectivity index (χ1n) is 8.76. The molecule has 2 heterocycles. The standard InChI is InChI=1S/C20H22BrN5O2/c1-13-5-4-6-14(9-13)11-28-12-16(23-19(27)20(2,3)22)18-25-24-17-8-7-15(21)10-26(17)18/h1,4-10,16H,11-12,22H2,2-3H3,(H,23,27)/t16-/m1/s1. The van der Waals surface area contributed by atoms with E-state index < -0.39 is 11.6 Å². The maximum atomic E-state index is 12.5. The van der Waals surface area contributed by atoms with Gasteiger partial charge in [-0.3, -0.25) is 9.20 Å². The number of nitrogens with two attached hydrogens (primary N) is 1. The number of ether oxygens (including phenoxy) is 1. The predicted octanol–water partition coefficient (Wildman–Crippen LogP) is 2.66. The van der Waals surface area contributed by atoms with E-state index in [2.05, 4.69) is 31.4 Å². The lowest BCUT2D eigenvalue weighted by atomic mass is 10.1. The van der Waals surface area contributed by atoms with Crippen molar-refractivity contribution in [3.05, 3.63) is 70.9 Å². The van der Waals surface area contributed by atoms with Gasteiger partial charge in [0.1, 0.15) is 6.04 Å². The lowest BCUT2D eigenvalue weighted by Crippen LogP contribution is -2.50. The molecule has 3 aromatic rings. The van der Waals surface area contributed by atoms with Gasteiger partial charge < -0.3 is 15.8 Å². The van der Waals surface area contributed by atoms with E-state index >= 15 is 0 Å². The molecule has 0 unspecified atom stereocenters. The zero-order valence-corrected chi connectivity index (χ0v) is 17.3. The van der Waals surface area contributed by atoms with Gasteiger partial charge in [-0.15, -0.1) is 10.2 Å². The number of fused-ring (bicyclic) bond motifs is 1. The molecule has 0 fully saturated rings. The third kappa shape index (κ3) is 4.95. The smallest absolute Gasteiger partial charge is 0.240 e. The monoisotopic (exact) mass is 443 g/mol. The number of halogens is 1. The van der Waals surface area contributed by atoms with E-state index in [1.807, 2.05) is 47.0 Å². The molecular weight excluding hydrogens is 422 g/mol. The number of carbonyl (C=O) groups excluding carboxylic acids is 1. The quantitative estimate of drug-likeness (QED) is 0.585. The second-order valence-electron chi connectivity index (χ2n) is 7.14. The average Bonchev–Trinajstić information content (AvgIpc) is 3.03. The Morgan fingerprint density at radius 2 is 2.14 bits per heavy atom. The molecule has 1 aromatic carbocycles. The first-order valence-corrected chi connectivity index (χ1v) is 9.55. The molecule has 0 spiro atoms. The molecule has 0 aliphatic heterocycles. The number of nitrogens with zero attached hydrogens (tertiary/aromatic N) is 3. The zero-order chi connectivity index (χ0) is 20.3. The maximum absolute atomic E-state index is 12.5. The molecule has 1 atom stereocenters. The molecule has 8 heteroatoms. The molecule has 0 saturated carbocycles. The number of hydrogen-bond acceptors (Lipinski definition) is 5. The number of benzene rings is 1. The van der Waals surface area contributed by atoms with Crippen LogP contribution in [-0.2, 0) is 16.1 Å². The summed E-state index contributed by atoms with van der Waals surface area (Å²) in [5.74, 6) is 0.248. The molecule has 2 radical (unpaired) electrons. The number of nitrogens with one attached hydrogen (secondary N) is 1. The second-order valence-corrected chi connectivity index (χ2v) is 8.06. The third-order valence-electron chi connectivity index (χ3n) is 4.10. The number of carbonyl (C=O) groups is 1. The number of hydrogen-bond donors (Lipinski definition) is 2. The molecule has 0 aliphatic carbocycles. The first-order chi connectivity index (χ1) is 13.2. The van der Waals surface area contributed by atoms with Crippen molar-refractivity contribution in [2.75, 3.05) is 6.61 Å². The Bertz CT molecular complexity index is 980. The van der Waals surface area contributed by atoms with Gasteiger partial charge in [0.2, 0.25) is 5.91 Å². The largest absolute Gasteiger partial charge is 0.374 e. The molecule has 3 N–H and O–H groups in total. The van der Waals surface area contributed by atoms with Crippen LogP contribution < -0.4 is 11.1 Å². The Hall–Kier alpha value is -2.29. The van der Waals surface area contributed by atoms with Crippen LogP contribution in [0.5, 0.6) is 0 Å². The van der Waals surface area contributed by atoms with Crippen molar-refractivity contribution in [3.63, 3.8) is 0 Å². The molecule has 1 amide bonds. The summed E-state index contributed by atoms with van der Waals surface area (Å²) < 4.78 is 8.52. The van der Waals surface area contributed by atoms with Crippen LogP contribution in [0.15, 0.2) is 47.1 Å². The Morgan fingerprint density at radius 3 is 2.86 bits per heavy atom. The highest BCUT2D eigenvalue weighted by atomic mass is 79.9. The van der Waals surface area contributed by atoms with Gasteiger partial charge in [0.15, 0.2) is 11.5 Å². The number of amides is 1. The fourth-order valence-corrected chi connectivity index (χ4v) is 2.96. The summed E-state index contributed by atoms with van der Waals surface area (Å²) in [6, 6.07) is 10.6. The summed E-state index contributed by atoms with van der Waals surface area (Å²) >= 11 is 3.45. The number of rotatable bonds is 7. The average molecular weight is 444 g/mol. The van der Waals surface area contributed by atoms with Crippen molar-refractivity contribution in [2.45, 2.75) is 32.0 Å². The van der Waals surface area contributed by atoms with Crippen molar-refractivity contribution in [1.29, 1.82) is 0 Å². The lowest BCUT2D eigenvalue weighted by molar-refractivity contribution is -0.126. The summed E-state index contributed by atoms with van der Waals surface area (Å²) in [4.78, 5) is 12.5. The summed E-state index contributed by atoms with van der Waals surface area (Å²) in [6.45, 7) is 9.64. The van der Waals surface area contributed by atoms with Crippen LogP contribution in [-0.4, -0.2) is 32.7 Å². The van der Waals surface area contributed by atoms with E-state index in [1.165, 1.54) is 0 Å². The Balaban J connectivity index is 1.82. The Morgan fingerprint density at radius 1 is 1.36 bits per heavy atom. The van der Waals surface area contributed by atoms with Crippen LogP contribution in [0, 0.1) is 6.92 Å².